The molecule has 3 rings (SSSR count). The Morgan fingerprint density at radius 1 is 1.33 bits per heavy atom. The molecule has 0 aromatic carbocycles. The van der Waals surface area contributed by atoms with Gasteiger partial charge < -0.3 is 14.6 Å². The number of aromatic nitrogens is 4. The van der Waals surface area contributed by atoms with Gasteiger partial charge in [0.05, 0.1) is 18.5 Å². The van der Waals surface area contributed by atoms with Crippen LogP contribution in [0.15, 0.2) is 41.1 Å². The highest BCUT2D eigenvalue weighted by Crippen LogP contribution is 2.18. The molecule has 21 heavy (non-hydrogen) atoms. The van der Waals surface area contributed by atoms with E-state index in [4.69, 9.17) is 4.42 Å². The van der Waals surface area contributed by atoms with Crippen molar-refractivity contribution in [1.82, 2.24) is 20.2 Å². The normalized spacial score (nSPS) is 10.6. The Morgan fingerprint density at radius 3 is 3.00 bits per heavy atom. The molecular formula is C14H16N6O. The Kier molecular flexibility index (Phi) is 3.55. The Balaban J connectivity index is 1.67. The van der Waals surface area contributed by atoms with Gasteiger partial charge in [0.1, 0.15) is 11.5 Å². The first kappa shape index (κ1) is 13.2. The largest absolute Gasteiger partial charge is 0.463 e. The summed E-state index contributed by atoms with van der Waals surface area (Å²) in [5, 5.41) is 10.4. The second-order valence-electron chi connectivity index (χ2n) is 4.75. The molecule has 7 nitrogen and oxygen atoms in total. The summed E-state index contributed by atoms with van der Waals surface area (Å²) < 4.78 is 5.31. The molecule has 0 saturated heterocycles. The Hall–Kier alpha value is -2.83. The lowest BCUT2D eigenvalue weighted by molar-refractivity contribution is 0.580. The van der Waals surface area contributed by atoms with E-state index in [2.05, 4.69) is 25.5 Å². The van der Waals surface area contributed by atoms with E-state index in [0.29, 0.717) is 12.5 Å². The summed E-state index contributed by atoms with van der Waals surface area (Å²) >= 11 is 0. The third-order valence-corrected chi connectivity index (χ3v) is 2.91. The van der Waals surface area contributed by atoms with E-state index in [1.165, 1.54) is 0 Å². The summed E-state index contributed by atoms with van der Waals surface area (Å²) in [5.41, 5.74) is 1.74. The van der Waals surface area contributed by atoms with Gasteiger partial charge in [0.25, 0.3) is 0 Å². The first-order valence-electron chi connectivity index (χ1n) is 6.55. The molecule has 0 atom stereocenters. The molecule has 0 aliphatic rings. The maximum atomic E-state index is 5.31. The van der Waals surface area contributed by atoms with Gasteiger partial charge in [-0.3, -0.25) is 5.10 Å². The zero-order valence-electron chi connectivity index (χ0n) is 11.9. The average molecular weight is 284 g/mol. The van der Waals surface area contributed by atoms with Gasteiger partial charge in [-0.2, -0.15) is 10.1 Å². The van der Waals surface area contributed by atoms with Crippen molar-refractivity contribution in [1.29, 1.82) is 0 Å². The Labute approximate surface area is 122 Å². The van der Waals surface area contributed by atoms with Crippen LogP contribution < -0.4 is 10.2 Å². The lowest BCUT2D eigenvalue weighted by Gasteiger charge is -2.11. The number of anilines is 2. The molecule has 0 unspecified atom stereocenters. The molecule has 7 heteroatoms. The molecule has 108 valence electrons. The van der Waals surface area contributed by atoms with Crippen LogP contribution in [-0.4, -0.2) is 34.3 Å². The van der Waals surface area contributed by atoms with Crippen molar-refractivity contribution in [3.05, 3.63) is 42.4 Å². The highest BCUT2D eigenvalue weighted by Gasteiger charge is 2.06. The van der Waals surface area contributed by atoms with Crippen LogP contribution in [0.2, 0.25) is 0 Å². The monoisotopic (exact) mass is 284 g/mol. The van der Waals surface area contributed by atoms with Crippen LogP contribution in [0.25, 0.3) is 11.5 Å². The van der Waals surface area contributed by atoms with E-state index in [0.717, 1.165) is 23.0 Å². The van der Waals surface area contributed by atoms with Gasteiger partial charge in [-0.15, -0.1) is 0 Å². The van der Waals surface area contributed by atoms with E-state index in [9.17, 15) is 0 Å². The number of hydrogen-bond acceptors (Lipinski definition) is 6. The maximum absolute atomic E-state index is 5.31. The van der Waals surface area contributed by atoms with E-state index in [1.807, 2.05) is 43.3 Å². The van der Waals surface area contributed by atoms with Gasteiger partial charge in [0.2, 0.25) is 5.95 Å². The van der Waals surface area contributed by atoms with Crippen LogP contribution in [0, 0.1) is 0 Å². The topological polar surface area (TPSA) is 82.9 Å². The first-order valence-corrected chi connectivity index (χ1v) is 6.55. The third kappa shape index (κ3) is 3.02. The number of aromatic amines is 1. The Morgan fingerprint density at radius 2 is 2.24 bits per heavy atom. The third-order valence-electron chi connectivity index (χ3n) is 2.91. The lowest BCUT2D eigenvalue weighted by Crippen LogP contribution is -2.13. The number of hydrogen-bond donors (Lipinski definition) is 2. The standard InChI is InChI=1S/C14H16N6O/c1-20(2)14-15-6-5-13(17-14)16-9-10-8-11(19-18-10)12-4-3-7-21-12/h3-8H,9H2,1-2H3,(H,18,19)(H,15,16,17). The minimum Gasteiger partial charge on any atom is -0.463 e. The highest BCUT2D eigenvalue weighted by molar-refractivity contribution is 5.52. The van der Waals surface area contributed by atoms with Crippen molar-refractivity contribution in [2.45, 2.75) is 6.54 Å². The SMILES string of the molecule is CN(C)c1nccc(NCc2cc(-c3ccco3)n[nH]2)n1. The van der Waals surface area contributed by atoms with E-state index in [1.54, 1.807) is 12.5 Å². The number of H-pyrrole nitrogens is 1. The zero-order valence-corrected chi connectivity index (χ0v) is 11.9. The summed E-state index contributed by atoms with van der Waals surface area (Å²) in [5.74, 6) is 2.18. The van der Waals surface area contributed by atoms with Crippen LogP contribution in [0.5, 0.6) is 0 Å². The van der Waals surface area contributed by atoms with Gasteiger partial charge in [-0.05, 0) is 24.3 Å². The molecule has 2 N–H and O–H groups in total. The molecule has 0 fully saturated rings. The number of nitrogens with one attached hydrogen (secondary N) is 2. The minimum absolute atomic E-state index is 0.595. The van der Waals surface area contributed by atoms with Gasteiger partial charge in [-0.25, -0.2) is 4.98 Å². The highest BCUT2D eigenvalue weighted by atomic mass is 16.3. The van der Waals surface area contributed by atoms with Crippen LogP contribution in [0.3, 0.4) is 0 Å². The van der Waals surface area contributed by atoms with E-state index < -0.39 is 0 Å². The summed E-state index contributed by atoms with van der Waals surface area (Å²) in [7, 11) is 3.81. The second-order valence-corrected chi connectivity index (χ2v) is 4.75. The van der Waals surface area contributed by atoms with Crippen LogP contribution in [0.1, 0.15) is 5.69 Å². The smallest absolute Gasteiger partial charge is 0.226 e. The van der Waals surface area contributed by atoms with Gasteiger partial charge in [0.15, 0.2) is 5.76 Å². The van der Waals surface area contributed by atoms with Crippen molar-refractivity contribution >= 4 is 11.8 Å². The zero-order chi connectivity index (χ0) is 14.7. The summed E-state index contributed by atoms with van der Waals surface area (Å²) in [6.45, 7) is 0.595. The summed E-state index contributed by atoms with van der Waals surface area (Å²) in [6.07, 6.45) is 3.36. The predicted molar refractivity (Wildman–Crippen MR) is 80.0 cm³/mol. The lowest BCUT2D eigenvalue weighted by atomic mass is 10.3. The van der Waals surface area contributed by atoms with Crippen LogP contribution >= 0.6 is 0 Å². The van der Waals surface area contributed by atoms with Crippen molar-refractivity contribution in [3.63, 3.8) is 0 Å². The van der Waals surface area contributed by atoms with E-state index in [-0.39, 0.29) is 0 Å². The minimum atomic E-state index is 0.595. The Bertz CT molecular complexity index is 704. The summed E-state index contributed by atoms with van der Waals surface area (Å²) in [6, 6.07) is 7.49. The summed E-state index contributed by atoms with van der Waals surface area (Å²) in [4.78, 5) is 10.4. The average Bonchev–Trinajstić information content (AvgIpc) is 3.16. The van der Waals surface area contributed by atoms with E-state index >= 15 is 0 Å². The number of rotatable bonds is 5. The van der Waals surface area contributed by atoms with Crippen molar-refractivity contribution < 1.29 is 4.42 Å². The maximum Gasteiger partial charge on any atom is 0.226 e. The molecule has 0 spiro atoms. The number of furan rings is 1. The molecule has 0 aliphatic carbocycles. The second kappa shape index (κ2) is 5.66. The first-order chi connectivity index (χ1) is 10.2. The van der Waals surface area contributed by atoms with Crippen molar-refractivity contribution in [2.75, 3.05) is 24.3 Å². The molecule has 0 saturated carbocycles. The molecule has 3 aromatic heterocycles. The molecule has 0 amide bonds. The van der Waals surface area contributed by atoms with Crippen LogP contribution in [-0.2, 0) is 6.54 Å². The van der Waals surface area contributed by atoms with Crippen molar-refractivity contribution in [3.8, 4) is 11.5 Å². The molecule has 3 aromatic rings. The molecule has 3 heterocycles. The molecule has 0 bridgehead atoms. The molecular weight excluding hydrogens is 268 g/mol. The predicted octanol–water partition coefficient (Wildman–Crippen LogP) is 2.14. The van der Waals surface area contributed by atoms with Crippen molar-refractivity contribution in [2.24, 2.45) is 0 Å². The fourth-order valence-corrected chi connectivity index (χ4v) is 1.85. The fourth-order valence-electron chi connectivity index (χ4n) is 1.85. The van der Waals surface area contributed by atoms with Gasteiger partial charge >= 0.3 is 0 Å². The molecule has 0 aliphatic heterocycles. The van der Waals surface area contributed by atoms with Gasteiger partial charge in [0, 0.05) is 20.3 Å². The quantitative estimate of drug-likeness (QED) is 0.747. The van der Waals surface area contributed by atoms with Gasteiger partial charge in [-0.1, -0.05) is 0 Å². The fraction of sp³-hybridized carbons (Fsp3) is 0.214. The number of nitrogens with zero attached hydrogens (tertiary/aromatic N) is 4. The van der Waals surface area contributed by atoms with Crippen LogP contribution in [0.4, 0.5) is 11.8 Å². The molecule has 0 radical (unpaired) electrons.